The molecule has 2 fully saturated rings. The molecule has 2 rings (SSSR count). The molecule has 2 nitrogen and oxygen atoms in total. The summed E-state index contributed by atoms with van der Waals surface area (Å²) >= 11 is 0. The molecule has 0 aromatic carbocycles. The molecule has 0 radical (unpaired) electrons. The summed E-state index contributed by atoms with van der Waals surface area (Å²) in [6.45, 7) is 11.4. The fourth-order valence-corrected chi connectivity index (χ4v) is 3.76. The molecule has 0 bridgehead atoms. The van der Waals surface area contributed by atoms with Gasteiger partial charge in [-0.05, 0) is 43.4 Å². The highest BCUT2D eigenvalue weighted by Gasteiger charge is 2.45. The van der Waals surface area contributed by atoms with Crippen molar-refractivity contribution in [2.75, 3.05) is 13.2 Å². The maximum atomic E-state index is 6.21. The lowest BCUT2D eigenvalue weighted by Crippen LogP contribution is -2.59. The molecule has 2 aliphatic rings. The van der Waals surface area contributed by atoms with E-state index in [2.05, 4.69) is 33.0 Å². The summed E-state index contributed by atoms with van der Waals surface area (Å²) in [7, 11) is 0. The SMILES string of the molecule is CCC1NCCOC12CCC(C(C)(C)C)CC2. The average molecular weight is 239 g/mol. The van der Waals surface area contributed by atoms with Crippen molar-refractivity contribution >= 4 is 0 Å². The first kappa shape index (κ1) is 13.4. The second kappa shape index (κ2) is 4.89. The molecule has 0 aromatic rings. The number of nitrogens with one attached hydrogen (secondary N) is 1. The Kier molecular flexibility index (Phi) is 3.84. The van der Waals surface area contributed by atoms with Gasteiger partial charge in [-0.2, -0.15) is 0 Å². The number of rotatable bonds is 1. The maximum absolute atomic E-state index is 6.21. The van der Waals surface area contributed by atoms with E-state index in [-0.39, 0.29) is 5.60 Å². The van der Waals surface area contributed by atoms with E-state index < -0.39 is 0 Å². The molecule has 1 aliphatic carbocycles. The Bertz CT molecular complexity index is 248. The van der Waals surface area contributed by atoms with Crippen LogP contribution in [0.25, 0.3) is 0 Å². The Labute approximate surface area is 107 Å². The zero-order chi connectivity index (χ0) is 12.5. The Morgan fingerprint density at radius 3 is 2.41 bits per heavy atom. The lowest BCUT2D eigenvalue weighted by molar-refractivity contribution is -0.130. The Morgan fingerprint density at radius 2 is 1.88 bits per heavy atom. The second-order valence-corrected chi connectivity index (χ2v) is 6.97. The highest BCUT2D eigenvalue weighted by molar-refractivity contribution is 4.99. The van der Waals surface area contributed by atoms with Crippen LogP contribution in [0.4, 0.5) is 0 Å². The molecular weight excluding hydrogens is 210 g/mol. The van der Waals surface area contributed by atoms with Crippen molar-refractivity contribution < 1.29 is 4.74 Å². The third-order valence-electron chi connectivity index (χ3n) is 4.98. The van der Waals surface area contributed by atoms with Crippen molar-refractivity contribution in [3.63, 3.8) is 0 Å². The maximum Gasteiger partial charge on any atom is 0.0835 e. The van der Waals surface area contributed by atoms with Crippen LogP contribution in [0.2, 0.25) is 0 Å². The lowest BCUT2D eigenvalue weighted by Gasteiger charge is -2.50. The van der Waals surface area contributed by atoms with Gasteiger partial charge in [-0.25, -0.2) is 0 Å². The summed E-state index contributed by atoms with van der Waals surface area (Å²) in [5, 5.41) is 3.66. The van der Waals surface area contributed by atoms with Gasteiger partial charge in [0.1, 0.15) is 0 Å². The van der Waals surface area contributed by atoms with E-state index in [9.17, 15) is 0 Å². The van der Waals surface area contributed by atoms with Gasteiger partial charge in [0.25, 0.3) is 0 Å². The van der Waals surface area contributed by atoms with Crippen LogP contribution >= 0.6 is 0 Å². The third kappa shape index (κ3) is 2.68. The quantitative estimate of drug-likeness (QED) is 0.757. The Hall–Kier alpha value is -0.0800. The van der Waals surface area contributed by atoms with Crippen molar-refractivity contribution in [2.45, 2.75) is 71.4 Å². The number of ether oxygens (including phenoxy) is 1. The van der Waals surface area contributed by atoms with Gasteiger partial charge in [-0.1, -0.05) is 27.7 Å². The van der Waals surface area contributed by atoms with Gasteiger partial charge in [0, 0.05) is 12.6 Å². The molecule has 17 heavy (non-hydrogen) atoms. The minimum absolute atomic E-state index is 0.161. The molecule has 1 aliphatic heterocycles. The zero-order valence-corrected chi connectivity index (χ0v) is 12.0. The molecule has 1 saturated heterocycles. The predicted octanol–water partition coefficient (Wildman–Crippen LogP) is 3.36. The van der Waals surface area contributed by atoms with Crippen LogP contribution < -0.4 is 5.32 Å². The molecule has 2 heteroatoms. The van der Waals surface area contributed by atoms with Crippen molar-refractivity contribution in [2.24, 2.45) is 11.3 Å². The van der Waals surface area contributed by atoms with Gasteiger partial charge < -0.3 is 10.1 Å². The van der Waals surface area contributed by atoms with Crippen LogP contribution in [0.15, 0.2) is 0 Å². The number of hydrogen-bond donors (Lipinski definition) is 1. The first-order valence-electron chi connectivity index (χ1n) is 7.35. The fraction of sp³-hybridized carbons (Fsp3) is 1.00. The van der Waals surface area contributed by atoms with Crippen LogP contribution in [0.1, 0.15) is 59.8 Å². The minimum atomic E-state index is 0.161. The molecular formula is C15H29NO. The molecule has 1 unspecified atom stereocenters. The number of hydrogen-bond acceptors (Lipinski definition) is 2. The molecule has 1 saturated carbocycles. The van der Waals surface area contributed by atoms with Gasteiger partial charge in [-0.15, -0.1) is 0 Å². The predicted molar refractivity (Wildman–Crippen MR) is 72.2 cm³/mol. The topological polar surface area (TPSA) is 21.3 Å². The summed E-state index contributed by atoms with van der Waals surface area (Å²) < 4.78 is 6.21. The van der Waals surface area contributed by atoms with E-state index in [1.165, 1.54) is 32.1 Å². The first-order valence-corrected chi connectivity index (χ1v) is 7.35. The van der Waals surface area contributed by atoms with E-state index in [1.54, 1.807) is 0 Å². The second-order valence-electron chi connectivity index (χ2n) is 6.97. The van der Waals surface area contributed by atoms with Gasteiger partial charge in [0.15, 0.2) is 0 Å². The third-order valence-corrected chi connectivity index (χ3v) is 4.98. The van der Waals surface area contributed by atoms with Gasteiger partial charge >= 0.3 is 0 Å². The largest absolute Gasteiger partial charge is 0.372 e. The normalized spacial score (nSPS) is 39.5. The standard InChI is InChI=1S/C15H29NO/c1-5-13-15(17-11-10-16-13)8-6-12(7-9-15)14(2,3)4/h12-13,16H,5-11H2,1-4H3. The van der Waals surface area contributed by atoms with Crippen molar-refractivity contribution in [1.29, 1.82) is 0 Å². The van der Waals surface area contributed by atoms with Crippen LogP contribution in [0, 0.1) is 11.3 Å². The van der Waals surface area contributed by atoms with Crippen molar-refractivity contribution in [3.05, 3.63) is 0 Å². The van der Waals surface area contributed by atoms with E-state index in [0.717, 1.165) is 19.1 Å². The highest BCUT2D eigenvalue weighted by atomic mass is 16.5. The smallest absolute Gasteiger partial charge is 0.0835 e. The molecule has 1 heterocycles. The summed E-state index contributed by atoms with van der Waals surface area (Å²) in [5.41, 5.74) is 0.625. The van der Waals surface area contributed by atoms with Crippen molar-refractivity contribution in [3.8, 4) is 0 Å². The van der Waals surface area contributed by atoms with Gasteiger partial charge in [0.2, 0.25) is 0 Å². The fourth-order valence-electron chi connectivity index (χ4n) is 3.76. The van der Waals surface area contributed by atoms with Gasteiger partial charge in [-0.3, -0.25) is 0 Å². The summed E-state index contributed by atoms with van der Waals surface area (Å²) in [4.78, 5) is 0. The van der Waals surface area contributed by atoms with Crippen LogP contribution in [0.5, 0.6) is 0 Å². The van der Waals surface area contributed by atoms with Crippen molar-refractivity contribution in [1.82, 2.24) is 5.32 Å². The van der Waals surface area contributed by atoms with E-state index in [1.807, 2.05) is 0 Å². The molecule has 1 atom stereocenters. The summed E-state index contributed by atoms with van der Waals surface area (Å²) in [6.07, 6.45) is 6.37. The lowest BCUT2D eigenvalue weighted by atomic mass is 9.66. The molecule has 0 aromatic heterocycles. The van der Waals surface area contributed by atoms with E-state index in [4.69, 9.17) is 4.74 Å². The molecule has 1 spiro atoms. The average Bonchev–Trinajstić information content (AvgIpc) is 2.29. The first-order chi connectivity index (χ1) is 7.98. The molecule has 1 N–H and O–H groups in total. The minimum Gasteiger partial charge on any atom is -0.372 e. The highest BCUT2D eigenvalue weighted by Crippen LogP contribution is 2.45. The molecule has 100 valence electrons. The summed E-state index contributed by atoms with van der Waals surface area (Å²) in [5.74, 6) is 0.871. The Balaban J connectivity index is 2.00. The Morgan fingerprint density at radius 1 is 1.24 bits per heavy atom. The van der Waals surface area contributed by atoms with Crippen LogP contribution in [0.3, 0.4) is 0 Å². The monoisotopic (exact) mass is 239 g/mol. The number of morpholine rings is 1. The van der Waals surface area contributed by atoms with E-state index in [0.29, 0.717) is 11.5 Å². The molecule has 0 amide bonds. The summed E-state index contributed by atoms with van der Waals surface area (Å²) in [6, 6.07) is 0.581. The zero-order valence-electron chi connectivity index (χ0n) is 12.0. The van der Waals surface area contributed by atoms with Crippen LogP contribution in [-0.4, -0.2) is 24.8 Å². The van der Waals surface area contributed by atoms with Gasteiger partial charge in [0.05, 0.1) is 12.2 Å². The van der Waals surface area contributed by atoms with Crippen LogP contribution in [-0.2, 0) is 4.74 Å². The van der Waals surface area contributed by atoms with E-state index >= 15 is 0 Å².